The number of rotatable bonds is 5. The molecule has 0 aliphatic rings. The van der Waals surface area contributed by atoms with Crippen LogP contribution in [0.3, 0.4) is 0 Å². The second kappa shape index (κ2) is 6.42. The number of anilines is 2. The first-order valence-electron chi connectivity index (χ1n) is 5.89. The molecule has 1 aromatic heterocycles. The van der Waals surface area contributed by atoms with Gasteiger partial charge in [-0.2, -0.15) is 0 Å². The minimum Gasteiger partial charge on any atom is -0.465 e. The number of benzene rings is 1. The molecule has 0 N–H and O–H groups in total. The third-order valence-electron chi connectivity index (χ3n) is 2.44. The van der Waals surface area contributed by atoms with E-state index in [4.69, 9.17) is 4.74 Å². The lowest BCUT2D eigenvalue weighted by molar-refractivity contribution is -0.141. The number of nitrogens with zero attached hydrogens (tertiary/aromatic N) is 2. The Hall–Kier alpha value is -2.02. The number of hydrogen-bond acceptors (Lipinski definition) is 5. The van der Waals surface area contributed by atoms with Gasteiger partial charge in [-0.15, -0.1) is 11.3 Å². The number of carbonyl (C=O) groups is 1. The zero-order valence-electron chi connectivity index (χ0n) is 10.7. The van der Waals surface area contributed by atoms with Gasteiger partial charge in [0.05, 0.1) is 12.3 Å². The maximum atomic E-state index is 13.9. The highest BCUT2D eigenvalue weighted by Gasteiger charge is 2.20. The molecular weight excluding hydrogens is 286 g/mol. The van der Waals surface area contributed by atoms with Crippen molar-refractivity contribution in [2.45, 2.75) is 6.92 Å². The summed E-state index contributed by atoms with van der Waals surface area (Å²) in [5.74, 6) is -1.95. The molecule has 0 aliphatic carbocycles. The molecule has 1 heterocycles. The van der Waals surface area contributed by atoms with Gasteiger partial charge in [-0.1, -0.05) is 0 Å². The van der Waals surface area contributed by atoms with Gasteiger partial charge >= 0.3 is 5.97 Å². The van der Waals surface area contributed by atoms with Gasteiger partial charge in [-0.3, -0.25) is 4.79 Å². The Labute approximate surface area is 118 Å². The van der Waals surface area contributed by atoms with Crippen molar-refractivity contribution in [2.24, 2.45) is 0 Å². The molecular formula is C13H12F2N2O2S. The second-order valence-corrected chi connectivity index (χ2v) is 4.67. The van der Waals surface area contributed by atoms with Gasteiger partial charge in [0, 0.05) is 17.6 Å². The molecule has 0 saturated carbocycles. The van der Waals surface area contributed by atoms with E-state index in [9.17, 15) is 13.6 Å². The number of ether oxygens (including phenoxy) is 1. The van der Waals surface area contributed by atoms with Crippen molar-refractivity contribution in [1.29, 1.82) is 0 Å². The van der Waals surface area contributed by atoms with Gasteiger partial charge in [-0.25, -0.2) is 13.8 Å². The van der Waals surface area contributed by atoms with Crippen LogP contribution in [0, 0.1) is 11.6 Å². The van der Waals surface area contributed by atoms with E-state index in [0.717, 1.165) is 12.1 Å². The molecule has 2 aromatic rings. The first kappa shape index (κ1) is 14.4. The van der Waals surface area contributed by atoms with Crippen LogP contribution >= 0.6 is 11.3 Å². The summed E-state index contributed by atoms with van der Waals surface area (Å²) >= 11 is 1.25. The molecule has 0 bridgehead atoms. The second-order valence-electron chi connectivity index (χ2n) is 3.80. The first-order chi connectivity index (χ1) is 9.61. The molecule has 0 radical (unpaired) electrons. The fourth-order valence-electron chi connectivity index (χ4n) is 1.64. The van der Waals surface area contributed by atoms with Crippen molar-refractivity contribution in [3.8, 4) is 0 Å². The maximum absolute atomic E-state index is 13.9. The van der Waals surface area contributed by atoms with Crippen molar-refractivity contribution < 1.29 is 18.3 Å². The number of esters is 1. The van der Waals surface area contributed by atoms with Crippen molar-refractivity contribution in [2.75, 3.05) is 18.1 Å². The van der Waals surface area contributed by atoms with Gasteiger partial charge < -0.3 is 9.64 Å². The highest BCUT2D eigenvalue weighted by Crippen LogP contribution is 2.29. The minimum atomic E-state index is -0.760. The van der Waals surface area contributed by atoms with Gasteiger partial charge in [0.25, 0.3) is 0 Å². The Morgan fingerprint density at radius 3 is 2.85 bits per heavy atom. The molecule has 0 saturated heterocycles. The minimum absolute atomic E-state index is 0.0782. The Bertz CT molecular complexity index is 590. The predicted molar refractivity (Wildman–Crippen MR) is 72.1 cm³/mol. The number of hydrogen-bond donors (Lipinski definition) is 0. The molecule has 0 aliphatic heterocycles. The van der Waals surface area contributed by atoms with Crippen molar-refractivity contribution in [3.05, 3.63) is 41.4 Å². The average Bonchev–Trinajstić information content (AvgIpc) is 2.90. The molecule has 7 heteroatoms. The summed E-state index contributed by atoms with van der Waals surface area (Å²) in [5, 5.41) is 2.14. The third kappa shape index (κ3) is 3.30. The lowest BCUT2D eigenvalue weighted by Gasteiger charge is -2.21. The quantitative estimate of drug-likeness (QED) is 0.795. The Balaban J connectivity index is 2.33. The van der Waals surface area contributed by atoms with Crippen LogP contribution in [0.4, 0.5) is 19.6 Å². The summed E-state index contributed by atoms with van der Waals surface area (Å²) in [6.45, 7) is 1.73. The van der Waals surface area contributed by atoms with Crippen molar-refractivity contribution >= 4 is 28.1 Å². The van der Waals surface area contributed by atoms with Gasteiger partial charge in [0.1, 0.15) is 18.2 Å². The zero-order chi connectivity index (χ0) is 14.5. The fourth-order valence-corrected chi connectivity index (χ4v) is 2.30. The monoisotopic (exact) mass is 298 g/mol. The van der Waals surface area contributed by atoms with Crippen molar-refractivity contribution in [3.63, 3.8) is 0 Å². The molecule has 20 heavy (non-hydrogen) atoms. The van der Waals surface area contributed by atoms with E-state index < -0.39 is 17.6 Å². The van der Waals surface area contributed by atoms with E-state index in [0.29, 0.717) is 5.13 Å². The maximum Gasteiger partial charge on any atom is 0.326 e. The molecule has 106 valence electrons. The van der Waals surface area contributed by atoms with Crippen LogP contribution in [-0.2, 0) is 9.53 Å². The van der Waals surface area contributed by atoms with Crippen LogP contribution in [0.15, 0.2) is 29.8 Å². The van der Waals surface area contributed by atoms with E-state index in [-0.39, 0.29) is 18.8 Å². The highest BCUT2D eigenvalue weighted by molar-refractivity contribution is 7.13. The zero-order valence-corrected chi connectivity index (χ0v) is 11.5. The lowest BCUT2D eigenvalue weighted by Crippen LogP contribution is -2.27. The summed E-state index contributed by atoms with van der Waals surface area (Å²) in [5.41, 5.74) is 0.0782. The molecule has 0 spiro atoms. The normalized spacial score (nSPS) is 10.3. The summed E-state index contributed by atoms with van der Waals surface area (Å²) in [4.78, 5) is 17.0. The van der Waals surface area contributed by atoms with Crippen LogP contribution < -0.4 is 4.90 Å². The van der Waals surface area contributed by atoms with Gasteiger partial charge in [-0.05, 0) is 19.1 Å². The molecule has 0 amide bonds. The lowest BCUT2D eigenvalue weighted by atomic mass is 10.2. The summed E-state index contributed by atoms with van der Waals surface area (Å²) in [6.07, 6.45) is 1.54. The predicted octanol–water partition coefficient (Wildman–Crippen LogP) is 3.12. The number of thiazole rings is 1. The number of halogens is 2. The first-order valence-corrected chi connectivity index (χ1v) is 6.77. The summed E-state index contributed by atoms with van der Waals surface area (Å²) in [6, 6.07) is 3.16. The molecule has 1 aromatic carbocycles. The van der Waals surface area contributed by atoms with Gasteiger partial charge in [0.15, 0.2) is 5.13 Å². The standard InChI is InChI=1S/C13H12F2N2O2S/c1-2-19-12(18)8-17(13-16-5-6-20-13)11-4-3-9(14)7-10(11)15/h3-7H,2,8H2,1H3. The topological polar surface area (TPSA) is 42.4 Å². The van der Waals surface area contributed by atoms with Crippen LogP contribution in [-0.4, -0.2) is 24.1 Å². The van der Waals surface area contributed by atoms with Crippen LogP contribution in [0.25, 0.3) is 0 Å². The van der Waals surface area contributed by atoms with E-state index >= 15 is 0 Å². The van der Waals surface area contributed by atoms with Gasteiger partial charge in [0.2, 0.25) is 0 Å². The van der Waals surface area contributed by atoms with E-state index in [2.05, 4.69) is 4.98 Å². The smallest absolute Gasteiger partial charge is 0.326 e. The molecule has 0 fully saturated rings. The van der Waals surface area contributed by atoms with E-state index in [1.165, 1.54) is 22.3 Å². The molecule has 0 unspecified atom stereocenters. The van der Waals surface area contributed by atoms with Crippen LogP contribution in [0.5, 0.6) is 0 Å². The summed E-state index contributed by atoms with van der Waals surface area (Å²) < 4.78 is 31.7. The van der Waals surface area contributed by atoms with E-state index in [1.54, 1.807) is 18.5 Å². The molecule has 4 nitrogen and oxygen atoms in total. The Morgan fingerprint density at radius 1 is 1.45 bits per heavy atom. The highest BCUT2D eigenvalue weighted by atomic mass is 32.1. The van der Waals surface area contributed by atoms with Crippen LogP contribution in [0.2, 0.25) is 0 Å². The average molecular weight is 298 g/mol. The Kier molecular flexibility index (Phi) is 4.62. The summed E-state index contributed by atoms with van der Waals surface area (Å²) in [7, 11) is 0. The number of carbonyl (C=O) groups excluding carboxylic acids is 1. The molecule has 2 rings (SSSR count). The van der Waals surface area contributed by atoms with E-state index in [1.807, 2.05) is 0 Å². The SMILES string of the molecule is CCOC(=O)CN(c1nccs1)c1ccc(F)cc1F. The van der Waals surface area contributed by atoms with Crippen molar-refractivity contribution in [1.82, 2.24) is 4.98 Å². The molecule has 0 atom stereocenters. The fraction of sp³-hybridized carbons (Fsp3) is 0.231. The van der Waals surface area contributed by atoms with Crippen LogP contribution in [0.1, 0.15) is 6.92 Å². The largest absolute Gasteiger partial charge is 0.465 e. The third-order valence-corrected chi connectivity index (χ3v) is 3.24. The number of aromatic nitrogens is 1. The Morgan fingerprint density at radius 2 is 2.25 bits per heavy atom.